The van der Waals surface area contributed by atoms with Gasteiger partial charge < -0.3 is 20.5 Å². The minimum atomic E-state index is -0.480. The summed E-state index contributed by atoms with van der Waals surface area (Å²) < 4.78 is 11.5. The van der Waals surface area contributed by atoms with E-state index in [1.807, 2.05) is 0 Å². The number of hydrogen-bond acceptors (Lipinski definition) is 4. The van der Waals surface area contributed by atoms with Gasteiger partial charge in [0.1, 0.15) is 11.5 Å². The van der Waals surface area contributed by atoms with Crippen LogP contribution in [-0.2, 0) is 4.74 Å². The van der Waals surface area contributed by atoms with E-state index < -0.39 is 5.91 Å². The predicted octanol–water partition coefficient (Wildman–Crippen LogP) is 3.12. The number of carbonyl (C=O) groups excluding carboxylic acids is 2. The molecule has 2 fully saturated rings. The molecule has 6 heteroatoms. The number of carbonyl (C=O) groups is 2. The number of hydrogen-bond donors (Lipinski definition) is 2. The van der Waals surface area contributed by atoms with E-state index in [4.69, 9.17) is 15.2 Å². The van der Waals surface area contributed by atoms with Gasteiger partial charge in [-0.2, -0.15) is 0 Å². The van der Waals surface area contributed by atoms with Crippen LogP contribution in [-0.4, -0.2) is 30.6 Å². The average Bonchev–Trinajstić information content (AvgIpc) is 3.14. The van der Waals surface area contributed by atoms with Gasteiger partial charge in [0, 0.05) is 35.1 Å². The van der Waals surface area contributed by atoms with Gasteiger partial charge >= 0.3 is 0 Å². The molecule has 1 heterocycles. The standard InChI is InChI=1S/C22H24N2O4/c1-22(2)18(17-11-12-27-19(17)22)24-21(26)14-5-9-16(10-6-14)28-15-7-3-13(4-8-15)20(23)25/h3-10,17-19H,11-12H2,1-2H3,(H2,23,25)(H,24,26)/t17-,18+,19+/m0/s1. The van der Waals surface area contributed by atoms with Gasteiger partial charge in [-0.05, 0) is 55.0 Å². The van der Waals surface area contributed by atoms with E-state index in [-0.39, 0.29) is 23.5 Å². The van der Waals surface area contributed by atoms with Crippen molar-refractivity contribution in [2.24, 2.45) is 17.1 Å². The Labute approximate surface area is 164 Å². The van der Waals surface area contributed by atoms with Gasteiger partial charge in [-0.25, -0.2) is 0 Å². The van der Waals surface area contributed by atoms with Crippen molar-refractivity contribution in [2.75, 3.05) is 6.61 Å². The van der Waals surface area contributed by atoms with Gasteiger partial charge in [0.25, 0.3) is 5.91 Å². The molecule has 2 aromatic carbocycles. The van der Waals surface area contributed by atoms with Crippen molar-refractivity contribution in [1.29, 1.82) is 0 Å². The Morgan fingerprint density at radius 1 is 1.04 bits per heavy atom. The zero-order valence-electron chi connectivity index (χ0n) is 16.0. The monoisotopic (exact) mass is 380 g/mol. The Morgan fingerprint density at radius 2 is 1.61 bits per heavy atom. The average molecular weight is 380 g/mol. The molecular formula is C22H24N2O4. The van der Waals surface area contributed by atoms with E-state index in [0.717, 1.165) is 13.0 Å². The van der Waals surface area contributed by atoms with Crippen molar-refractivity contribution in [1.82, 2.24) is 5.32 Å². The molecule has 0 aromatic heterocycles. The number of rotatable bonds is 5. The molecule has 0 spiro atoms. The Kier molecular flexibility index (Phi) is 4.59. The van der Waals surface area contributed by atoms with Gasteiger partial charge in [0.05, 0.1) is 6.10 Å². The molecule has 3 atom stereocenters. The maximum atomic E-state index is 12.7. The molecule has 1 aliphatic heterocycles. The van der Waals surface area contributed by atoms with Crippen LogP contribution < -0.4 is 15.8 Å². The lowest BCUT2D eigenvalue weighted by atomic mass is 9.57. The molecule has 2 amide bonds. The zero-order valence-corrected chi connectivity index (χ0v) is 16.0. The molecule has 4 rings (SSSR count). The molecular weight excluding hydrogens is 356 g/mol. The number of nitrogens with one attached hydrogen (secondary N) is 1. The number of amides is 2. The first kappa shape index (κ1) is 18.5. The number of benzene rings is 2. The highest BCUT2D eigenvalue weighted by molar-refractivity contribution is 5.94. The van der Waals surface area contributed by atoms with Crippen LogP contribution in [0.5, 0.6) is 11.5 Å². The van der Waals surface area contributed by atoms with Crippen molar-refractivity contribution in [3.05, 3.63) is 59.7 Å². The third-order valence-corrected chi connectivity index (χ3v) is 5.88. The highest BCUT2D eigenvalue weighted by Crippen LogP contribution is 2.52. The van der Waals surface area contributed by atoms with Crippen molar-refractivity contribution in [3.8, 4) is 11.5 Å². The quantitative estimate of drug-likeness (QED) is 0.834. The lowest BCUT2D eigenvalue weighted by Crippen LogP contribution is -2.66. The highest BCUT2D eigenvalue weighted by atomic mass is 16.5. The maximum absolute atomic E-state index is 12.7. The summed E-state index contributed by atoms with van der Waals surface area (Å²) in [5.74, 6) is 1.04. The maximum Gasteiger partial charge on any atom is 0.251 e. The fourth-order valence-electron chi connectivity index (χ4n) is 4.34. The second kappa shape index (κ2) is 6.95. The molecule has 146 valence electrons. The van der Waals surface area contributed by atoms with Crippen LogP contribution >= 0.6 is 0 Å². The van der Waals surface area contributed by atoms with Gasteiger partial charge in [-0.1, -0.05) is 13.8 Å². The Balaban J connectivity index is 1.39. The molecule has 0 radical (unpaired) electrons. The first-order valence-corrected chi connectivity index (χ1v) is 9.46. The summed E-state index contributed by atoms with van der Waals surface area (Å²) in [7, 11) is 0. The molecule has 0 bridgehead atoms. The summed E-state index contributed by atoms with van der Waals surface area (Å²) >= 11 is 0. The number of fused-ring (bicyclic) bond motifs is 1. The summed E-state index contributed by atoms with van der Waals surface area (Å²) in [6, 6.07) is 13.7. The fourth-order valence-corrected chi connectivity index (χ4v) is 4.34. The van der Waals surface area contributed by atoms with E-state index in [1.54, 1.807) is 48.5 Å². The molecule has 0 unspecified atom stereocenters. The normalized spacial score (nSPS) is 24.7. The SMILES string of the molecule is CC1(C)[C@H](NC(=O)c2ccc(Oc3ccc(C(N)=O)cc3)cc2)[C@@H]2CCO[C@H]21. The zero-order chi connectivity index (χ0) is 19.9. The number of ether oxygens (including phenoxy) is 2. The lowest BCUT2D eigenvalue weighted by Gasteiger charge is -2.54. The smallest absolute Gasteiger partial charge is 0.251 e. The van der Waals surface area contributed by atoms with Crippen molar-refractivity contribution >= 4 is 11.8 Å². The van der Waals surface area contributed by atoms with Crippen LogP contribution in [0.15, 0.2) is 48.5 Å². The second-order valence-corrected chi connectivity index (χ2v) is 8.03. The van der Waals surface area contributed by atoms with Gasteiger partial charge in [-0.15, -0.1) is 0 Å². The third kappa shape index (κ3) is 3.24. The lowest BCUT2D eigenvalue weighted by molar-refractivity contribution is -0.108. The molecule has 1 saturated heterocycles. The predicted molar refractivity (Wildman–Crippen MR) is 104 cm³/mol. The van der Waals surface area contributed by atoms with Crippen LogP contribution in [0.4, 0.5) is 0 Å². The molecule has 1 saturated carbocycles. The second-order valence-electron chi connectivity index (χ2n) is 8.03. The largest absolute Gasteiger partial charge is 0.457 e. The minimum absolute atomic E-state index is 0.0447. The topological polar surface area (TPSA) is 90.6 Å². The molecule has 28 heavy (non-hydrogen) atoms. The van der Waals surface area contributed by atoms with Gasteiger partial charge in [0.15, 0.2) is 0 Å². The molecule has 3 N–H and O–H groups in total. The summed E-state index contributed by atoms with van der Waals surface area (Å²) in [4.78, 5) is 23.8. The first-order chi connectivity index (χ1) is 13.4. The summed E-state index contributed by atoms with van der Waals surface area (Å²) in [5, 5.41) is 3.18. The van der Waals surface area contributed by atoms with E-state index in [2.05, 4.69) is 19.2 Å². The van der Waals surface area contributed by atoms with Crippen LogP contribution in [0.3, 0.4) is 0 Å². The van der Waals surface area contributed by atoms with Crippen LogP contribution in [0, 0.1) is 11.3 Å². The van der Waals surface area contributed by atoms with Gasteiger partial charge in [-0.3, -0.25) is 9.59 Å². The van der Waals surface area contributed by atoms with E-state index in [1.165, 1.54) is 0 Å². The minimum Gasteiger partial charge on any atom is -0.457 e. The van der Waals surface area contributed by atoms with Crippen LogP contribution in [0.2, 0.25) is 0 Å². The molecule has 1 aliphatic carbocycles. The highest BCUT2D eigenvalue weighted by Gasteiger charge is 2.59. The summed E-state index contributed by atoms with van der Waals surface area (Å²) in [6.07, 6.45) is 1.25. The number of primary amides is 1. The molecule has 2 aliphatic rings. The number of nitrogens with two attached hydrogens (primary N) is 1. The Morgan fingerprint density at radius 3 is 2.18 bits per heavy atom. The molecule has 2 aromatic rings. The van der Waals surface area contributed by atoms with Crippen molar-refractivity contribution in [2.45, 2.75) is 32.4 Å². The first-order valence-electron chi connectivity index (χ1n) is 9.46. The van der Waals surface area contributed by atoms with E-state index >= 15 is 0 Å². The van der Waals surface area contributed by atoms with E-state index in [9.17, 15) is 9.59 Å². The van der Waals surface area contributed by atoms with Crippen LogP contribution in [0.1, 0.15) is 41.0 Å². The fraction of sp³-hybridized carbons (Fsp3) is 0.364. The van der Waals surface area contributed by atoms with Crippen molar-refractivity contribution in [3.63, 3.8) is 0 Å². The van der Waals surface area contributed by atoms with Crippen LogP contribution in [0.25, 0.3) is 0 Å². The molecule has 6 nitrogen and oxygen atoms in total. The Bertz CT molecular complexity index is 890. The van der Waals surface area contributed by atoms with Crippen molar-refractivity contribution < 1.29 is 19.1 Å². The third-order valence-electron chi connectivity index (χ3n) is 5.88. The van der Waals surface area contributed by atoms with E-state index in [0.29, 0.717) is 28.5 Å². The summed E-state index contributed by atoms with van der Waals surface area (Å²) in [6.45, 7) is 5.06. The Hall–Kier alpha value is -2.86. The summed E-state index contributed by atoms with van der Waals surface area (Å²) in [5.41, 5.74) is 6.20. The van der Waals surface area contributed by atoms with Gasteiger partial charge in [0.2, 0.25) is 5.91 Å².